The van der Waals surface area contributed by atoms with Gasteiger partial charge < -0.3 is 13.9 Å². The predicted molar refractivity (Wildman–Crippen MR) is 115 cm³/mol. The second-order valence-electron chi connectivity index (χ2n) is 6.91. The zero-order valence-electron chi connectivity index (χ0n) is 16.7. The van der Waals surface area contributed by atoms with Gasteiger partial charge in [0.25, 0.3) is 0 Å². The first-order valence-corrected chi connectivity index (χ1v) is 9.51. The van der Waals surface area contributed by atoms with Gasteiger partial charge in [-0.05, 0) is 53.9 Å². The van der Waals surface area contributed by atoms with Gasteiger partial charge in [0.1, 0.15) is 17.1 Å². The fourth-order valence-electron chi connectivity index (χ4n) is 3.42. The van der Waals surface area contributed by atoms with Crippen LogP contribution in [-0.2, 0) is 11.2 Å². The Morgan fingerprint density at radius 1 is 0.933 bits per heavy atom. The molecular formula is C25H20O5. The number of rotatable bonds is 5. The van der Waals surface area contributed by atoms with Crippen LogP contribution in [0, 0.1) is 6.92 Å². The first-order chi connectivity index (χ1) is 14.5. The van der Waals surface area contributed by atoms with Crippen molar-refractivity contribution in [1.82, 2.24) is 0 Å². The molecule has 0 saturated heterocycles. The zero-order chi connectivity index (χ0) is 21.1. The Bertz CT molecular complexity index is 1250. The number of aryl methyl sites for hydroxylation is 1. The normalized spacial score (nSPS) is 10.7. The molecule has 3 aromatic carbocycles. The average molecular weight is 400 g/mol. The molecule has 0 amide bonds. The molecule has 0 aliphatic rings. The van der Waals surface area contributed by atoms with Crippen molar-refractivity contribution in [3.63, 3.8) is 0 Å². The Labute approximate surface area is 173 Å². The lowest BCUT2D eigenvalue weighted by Gasteiger charge is -2.10. The number of hydrogen-bond acceptors (Lipinski definition) is 5. The van der Waals surface area contributed by atoms with Crippen LogP contribution in [-0.4, -0.2) is 13.1 Å². The van der Waals surface area contributed by atoms with E-state index in [0.717, 1.165) is 16.7 Å². The topological polar surface area (TPSA) is 65.7 Å². The molecule has 4 rings (SSSR count). The minimum Gasteiger partial charge on any atom is -0.497 e. The van der Waals surface area contributed by atoms with Crippen molar-refractivity contribution in [2.24, 2.45) is 0 Å². The molecule has 1 aromatic heterocycles. The summed E-state index contributed by atoms with van der Waals surface area (Å²) in [4.78, 5) is 24.9. The number of carbonyl (C=O) groups excluding carboxylic acids is 1. The largest absolute Gasteiger partial charge is 0.497 e. The molecule has 5 heteroatoms. The van der Waals surface area contributed by atoms with Gasteiger partial charge in [-0.2, -0.15) is 0 Å². The van der Waals surface area contributed by atoms with Gasteiger partial charge in [0.2, 0.25) is 0 Å². The van der Waals surface area contributed by atoms with Crippen LogP contribution in [0.5, 0.6) is 11.5 Å². The quantitative estimate of drug-likeness (QED) is 0.270. The molecule has 0 aliphatic heterocycles. The van der Waals surface area contributed by atoms with Gasteiger partial charge in [-0.3, -0.25) is 4.79 Å². The Balaban J connectivity index is 1.67. The monoisotopic (exact) mass is 400 g/mol. The number of carbonyl (C=O) groups is 1. The van der Waals surface area contributed by atoms with E-state index in [4.69, 9.17) is 13.9 Å². The summed E-state index contributed by atoms with van der Waals surface area (Å²) >= 11 is 0. The van der Waals surface area contributed by atoms with Crippen molar-refractivity contribution < 1.29 is 18.7 Å². The highest BCUT2D eigenvalue weighted by atomic mass is 16.5. The summed E-state index contributed by atoms with van der Waals surface area (Å²) in [5.41, 5.74) is 2.87. The number of hydrogen-bond donors (Lipinski definition) is 0. The number of esters is 1. The van der Waals surface area contributed by atoms with Crippen molar-refractivity contribution in [2.45, 2.75) is 13.3 Å². The summed E-state index contributed by atoms with van der Waals surface area (Å²) in [7, 11) is 1.59. The lowest BCUT2D eigenvalue weighted by molar-refractivity contribution is -0.133. The van der Waals surface area contributed by atoms with E-state index in [-0.39, 0.29) is 12.4 Å². The van der Waals surface area contributed by atoms with E-state index in [1.165, 1.54) is 0 Å². The molecule has 30 heavy (non-hydrogen) atoms. The Kier molecular flexibility index (Phi) is 5.35. The van der Waals surface area contributed by atoms with Crippen molar-refractivity contribution in [2.75, 3.05) is 7.11 Å². The molecule has 150 valence electrons. The maximum atomic E-state index is 12.6. The highest BCUT2D eigenvalue weighted by molar-refractivity contribution is 5.88. The Morgan fingerprint density at radius 2 is 1.63 bits per heavy atom. The smallest absolute Gasteiger partial charge is 0.344 e. The molecule has 0 radical (unpaired) electrons. The van der Waals surface area contributed by atoms with Crippen molar-refractivity contribution >= 4 is 16.9 Å². The fraction of sp³-hybridized carbons (Fsp3) is 0.120. The van der Waals surface area contributed by atoms with Crippen LogP contribution in [0.3, 0.4) is 0 Å². The van der Waals surface area contributed by atoms with Crippen molar-refractivity contribution in [3.05, 3.63) is 94.3 Å². The molecule has 1 heterocycles. The van der Waals surface area contributed by atoms with Gasteiger partial charge in [-0.15, -0.1) is 0 Å². The third kappa shape index (κ3) is 3.96. The van der Waals surface area contributed by atoms with Crippen LogP contribution in [0.1, 0.15) is 11.1 Å². The summed E-state index contributed by atoms with van der Waals surface area (Å²) in [6.45, 7) is 1.86. The summed E-state index contributed by atoms with van der Waals surface area (Å²) in [5.74, 6) is 0.751. The van der Waals surface area contributed by atoms with E-state index >= 15 is 0 Å². The highest BCUT2D eigenvalue weighted by Crippen LogP contribution is 2.30. The Morgan fingerprint density at radius 3 is 2.33 bits per heavy atom. The van der Waals surface area contributed by atoms with Crippen LogP contribution in [0.4, 0.5) is 0 Å². The van der Waals surface area contributed by atoms with E-state index in [0.29, 0.717) is 28.0 Å². The van der Waals surface area contributed by atoms with E-state index in [9.17, 15) is 9.59 Å². The van der Waals surface area contributed by atoms with Crippen LogP contribution in [0.15, 0.2) is 82.0 Å². The number of benzene rings is 3. The van der Waals surface area contributed by atoms with Crippen LogP contribution in [0.2, 0.25) is 0 Å². The maximum absolute atomic E-state index is 12.6. The molecule has 0 bridgehead atoms. The lowest BCUT2D eigenvalue weighted by atomic mass is 9.99. The first-order valence-electron chi connectivity index (χ1n) is 9.51. The van der Waals surface area contributed by atoms with E-state index in [1.54, 1.807) is 37.4 Å². The predicted octanol–water partition coefficient (Wildman–Crippen LogP) is 4.93. The molecule has 0 atom stereocenters. The molecule has 0 N–H and O–H groups in total. The van der Waals surface area contributed by atoms with E-state index in [2.05, 4.69) is 0 Å². The summed E-state index contributed by atoms with van der Waals surface area (Å²) in [6, 6.07) is 21.6. The van der Waals surface area contributed by atoms with Gasteiger partial charge in [0.05, 0.1) is 19.1 Å². The number of fused-ring (bicyclic) bond motifs is 1. The molecule has 0 spiro atoms. The molecular weight excluding hydrogens is 380 g/mol. The minimum absolute atomic E-state index is 0.179. The van der Waals surface area contributed by atoms with Gasteiger partial charge >= 0.3 is 11.6 Å². The van der Waals surface area contributed by atoms with Crippen molar-refractivity contribution in [1.29, 1.82) is 0 Å². The molecule has 0 fully saturated rings. The van der Waals surface area contributed by atoms with E-state index < -0.39 is 5.63 Å². The zero-order valence-corrected chi connectivity index (χ0v) is 16.7. The number of methoxy groups -OCH3 is 1. The standard InChI is InChI=1S/C25H20O5/c1-16-21-15-20(29-23(26)14-17-6-4-3-5-7-17)12-13-22(21)30-25(27)24(16)18-8-10-19(28-2)11-9-18/h3-13,15H,14H2,1-2H3. The lowest BCUT2D eigenvalue weighted by Crippen LogP contribution is -2.11. The second kappa shape index (κ2) is 8.25. The van der Waals surface area contributed by atoms with Gasteiger partial charge in [0, 0.05) is 5.39 Å². The number of ether oxygens (including phenoxy) is 2. The summed E-state index contributed by atoms with van der Waals surface area (Å²) < 4.78 is 16.2. The first kappa shape index (κ1) is 19.5. The maximum Gasteiger partial charge on any atom is 0.344 e. The third-order valence-corrected chi connectivity index (χ3v) is 4.94. The third-order valence-electron chi connectivity index (χ3n) is 4.94. The molecule has 0 unspecified atom stereocenters. The molecule has 4 aromatic rings. The average Bonchev–Trinajstić information content (AvgIpc) is 2.75. The molecule has 0 aliphatic carbocycles. The van der Waals surface area contributed by atoms with Crippen LogP contribution >= 0.6 is 0 Å². The molecule has 0 saturated carbocycles. The van der Waals surface area contributed by atoms with Crippen molar-refractivity contribution in [3.8, 4) is 22.6 Å². The fourth-order valence-corrected chi connectivity index (χ4v) is 3.42. The van der Waals surface area contributed by atoms with Crippen LogP contribution < -0.4 is 15.1 Å². The SMILES string of the molecule is COc1ccc(-c2c(C)c3cc(OC(=O)Cc4ccccc4)ccc3oc2=O)cc1. The van der Waals surface area contributed by atoms with Gasteiger partial charge in [-0.1, -0.05) is 42.5 Å². The van der Waals surface area contributed by atoms with E-state index in [1.807, 2.05) is 49.4 Å². The minimum atomic E-state index is -0.418. The van der Waals surface area contributed by atoms with Crippen LogP contribution in [0.25, 0.3) is 22.1 Å². The summed E-state index contributed by atoms with van der Waals surface area (Å²) in [6.07, 6.45) is 0.179. The second-order valence-corrected chi connectivity index (χ2v) is 6.91. The molecule has 5 nitrogen and oxygen atoms in total. The highest BCUT2D eigenvalue weighted by Gasteiger charge is 2.15. The van der Waals surface area contributed by atoms with Gasteiger partial charge in [-0.25, -0.2) is 4.79 Å². The van der Waals surface area contributed by atoms with Gasteiger partial charge in [0.15, 0.2) is 0 Å². The summed E-state index contributed by atoms with van der Waals surface area (Å²) in [5, 5.41) is 0.713. The Hall–Kier alpha value is -3.86.